The molecule has 0 spiro atoms. The first-order chi connectivity index (χ1) is 7.56. The highest BCUT2D eigenvalue weighted by Gasteiger charge is 2.20. The molecule has 4 heteroatoms. The third kappa shape index (κ3) is 3.94. The van der Waals surface area contributed by atoms with Gasteiger partial charge in [-0.05, 0) is 31.5 Å². The van der Waals surface area contributed by atoms with E-state index in [4.69, 9.17) is 12.2 Å². The van der Waals surface area contributed by atoms with Gasteiger partial charge in [0.2, 0.25) is 0 Å². The number of hydrogen-bond donors (Lipinski definition) is 1. The number of rotatable bonds is 4. The van der Waals surface area contributed by atoms with Crippen LogP contribution in [-0.4, -0.2) is 15.1 Å². The highest BCUT2D eigenvalue weighted by Crippen LogP contribution is 2.20. The topological polar surface area (TPSA) is 24.9 Å². The van der Waals surface area contributed by atoms with Gasteiger partial charge in [0.05, 0.1) is 5.54 Å². The van der Waals surface area contributed by atoms with Crippen LogP contribution in [0, 0.1) is 0 Å². The van der Waals surface area contributed by atoms with E-state index in [1.807, 2.05) is 18.2 Å². The van der Waals surface area contributed by atoms with Gasteiger partial charge in [0.25, 0.3) is 0 Å². The summed E-state index contributed by atoms with van der Waals surface area (Å²) in [6, 6.07) is 3.99. The molecule has 0 saturated carbocycles. The quantitative estimate of drug-likeness (QED) is 0.657. The Morgan fingerprint density at radius 2 is 2.19 bits per heavy atom. The van der Waals surface area contributed by atoms with E-state index in [1.54, 1.807) is 24.2 Å². The van der Waals surface area contributed by atoms with Gasteiger partial charge in [-0.1, -0.05) is 30.1 Å². The summed E-state index contributed by atoms with van der Waals surface area (Å²) in [6.45, 7) is 7.87. The van der Waals surface area contributed by atoms with Crippen LogP contribution < -0.4 is 5.32 Å². The van der Waals surface area contributed by atoms with E-state index in [1.165, 1.54) is 5.56 Å². The van der Waals surface area contributed by atoms with E-state index >= 15 is 0 Å². The zero-order valence-electron chi connectivity index (χ0n) is 9.56. The Bertz CT molecular complexity index is 361. The van der Waals surface area contributed by atoms with Gasteiger partial charge in [-0.25, -0.2) is 0 Å². The molecule has 1 aromatic heterocycles. The van der Waals surface area contributed by atoms with Crippen LogP contribution in [0.5, 0.6) is 0 Å². The molecule has 16 heavy (non-hydrogen) atoms. The molecule has 1 rings (SSSR count). The van der Waals surface area contributed by atoms with Gasteiger partial charge in [-0.15, -0.1) is 6.58 Å². The molecule has 2 nitrogen and oxygen atoms in total. The summed E-state index contributed by atoms with van der Waals surface area (Å²) < 4.78 is 0.793. The number of hydrogen-bond acceptors (Lipinski definition) is 3. The molecule has 0 atom stereocenters. The van der Waals surface area contributed by atoms with Crippen molar-refractivity contribution in [3.8, 4) is 0 Å². The lowest BCUT2D eigenvalue weighted by Crippen LogP contribution is -2.38. The summed E-state index contributed by atoms with van der Waals surface area (Å²) in [6.07, 6.45) is 5.43. The molecule has 1 aromatic rings. The lowest BCUT2D eigenvalue weighted by atomic mass is 9.96. The molecule has 1 N–H and O–H groups in total. The first-order valence-corrected chi connectivity index (χ1v) is 6.42. The predicted molar refractivity (Wildman–Crippen MR) is 75.7 cm³/mol. The van der Waals surface area contributed by atoms with E-state index in [0.29, 0.717) is 0 Å². The fourth-order valence-corrected chi connectivity index (χ4v) is 2.32. The molecule has 0 radical (unpaired) electrons. The first kappa shape index (κ1) is 13.2. The molecular formula is C12H16N2S2. The van der Waals surface area contributed by atoms with Crippen molar-refractivity contribution in [1.29, 1.82) is 0 Å². The Labute approximate surface area is 107 Å². The van der Waals surface area contributed by atoms with Crippen molar-refractivity contribution in [2.24, 2.45) is 0 Å². The maximum Gasteiger partial charge on any atom is 0.134 e. The summed E-state index contributed by atoms with van der Waals surface area (Å²) in [5.41, 5.74) is 0.998. The van der Waals surface area contributed by atoms with Crippen LogP contribution in [-0.2, 0) is 5.54 Å². The summed E-state index contributed by atoms with van der Waals surface area (Å²) in [4.78, 5) is 4.01. The Morgan fingerprint density at radius 3 is 2.75 bits per heavy atom. The average molecular weight is 252 g/mol. The Morgan fingerprint density at radius 1 is 1.56 bits per heavy atom. The largest absolute Gasteiger partial charge is 0.362 e. The van der Waals surface area contributed by atoms with Gasteiger partial charge in [0.1, 0.15) is 4.32 Å². The first-order valence-electron chi connectivity index (χ1n) is 5.02. The fraction of sp³-hybridized carbons (Fsp3) is 0.333. The molecule has 0 bridgehead atoms. The number of nitrogens with zero attached hydrogens (tertiary/aromatic N) is 1. The SMILES string of the molecule is C=CCSC(=S)NC(C)(C)c1ccncc1. The number of nitrogens with one attached hydrogen (secondary N) is 1. The Hall–Kier alpha value is -0.870. The van der Waals surface area contributed by atoms with Crippen molar-refractivity contribution >= 4 is 28.3 Å². The molecule has 0 saturated heterocycles. The summed E-state index contributed by atoms with van der Waals surface area (Å²) in [5, 5.41) is 3.33. The molecule has 0 amide bonds. The second-order valence-corrected chi connectivity index (χ2v) is 5.57. The minimum absolute atomic E-state index is 0.172. The second-order valence-electron chi connectivity index (χ2n) is 3.87. The van der Waals surface area contributed by atoms with Crippen LogP contribution >= 0.6 is 24.0 Å². The minimum atomic E-state index is -0.172. The Kier molecular flexibility index (Phi) is 4.96. The zero-order valence-corrected chi connectivity index (χ0v) is 11.2. The summed E-state index contributed by atoms with van der Waals surface area (Å²) >= 11 is 6.84. The Balaban J connectivity index is 2.65. The number of thioether (sulfide) groups is 1. The van der Waals surface area contributed by atoms with Crippen molar-refractivity contribution in [1.82, 2.24) is 10.3 Å². The van der Waals surface area contributed by atoms with Crippen molar-refractivity contribution in [3.63, 3.8) is 0 Å². The van der Waals surface area contributed by atoms with Crippen LogP contribution in [0.2, 0.25) is 0 Å². The van der Waals surface area contributed by atoms with Gasteiger partial charge < -0.3 is 5.32 Å². The minimum Gasteiger partial charge on any atom is -0.362 e. The lowest BCUT2D eigenvalue weighted by Gasteiger charge is -2.27. The third-order valence-electron chi connectivity index (χ3n) is 2.15. The maximum absolute atomic E-state index is 5.26. The van der Waals surface area contributed by atoms with Crippen LogP contribution in [0.4, 0.5) is 0 Å². The van der Waals surface area contributed by atoms with Crippen molar-refractivity contribution in [3.05, 3.63) is 42.7 Å². The smallest absolute Gasteiger partial charge is 0.134 e. The van der Waals surface area contributed by atoms with Crippen molar-refractivity contribution in [2.45, 2.75) is 19.4 Å². The van der Waals surface area contributed by atoms with Crippen molar-refractivity contribution < 1.29 is 0 Å². The van der Waals surface area contributed by atoms with E-state index in [9.17, 15) is 0 Å². The van der Waals surface area contributed by atoms with Crippen LogP contribution in [0.1, 0.15) is 19.4 Å². The molecule has 1 heterocycles. The van der Waals surface area contributed by atoms with Crippen molar-refractivity contribution in [2.75, 3.05) is 5.75 Å². The van der Waals surface area contributed by atoms with Crippen LogP contribution in [0.3, 0.4) is 0 Å². The normalized spacial score (nSPS) is 10.9. The van der Waals surface area contributed by atoms with Crippen LogP contribution in [0.25, 0.3) is 0 Å². The predicted octanol–water partition coefficient (Wildman–Crippen LogP) is 3.11. The highest BCUT2D eigenvalue weighted by atomic mass is 32.2. The second kappa shape index (κ2) is 6.01. The molecular weight excluding hydrogens is 236 g/mol. The van der Waals surface area contributed by atoms with Gasteiger partial charge >= 0.3 is 0 Å². The maximum atomic E-state index is 5.26. The molecule has 0 aliphatic rings. The van der Waals surface area contributed by atoms with Crippen LogP contribution in [0.15, 0.2) is 37.2 Å². The highest BCUT2D eigenvalue weighted by molar-refractivity contribution is 8.23. The van der Waals surface area contributed by atoms with E-state index in [0.717, 1.165) is 10.1 Å². The molecule has 0 aromatic carbocycles. The van der Waals surface area contributed by atoms with Gasteiger partial charge in [-0.3, -0.25) is 4.98 Å². The van der Waals surface area contributed by atoms with Gasteiger partial charge in [0, 0.05) is 18.1 Å². The molecule has 0 aliphatic carbocycles. The molecule has 0 unspecified atom stereocenters. The lowest BCUT2D eigenvalue weighted by molar-refractivity contribution is 0.492. The number of aromatic nitrogens is 1. The fourth-order valence-electron chi connectivity index (χ4n) is 1.27. The molecule has 86 valence electrons. The van der Waals surface area contributed by atoms with Gasteiger partial charge in [-0.2, -0.15) is 0 Å². The number of thiocarbonyl (C=S) groups is 1. The van der Waals surface area contributed by atoms with E-state index < -0.39 is 0 Å². The monoisotopic (exact) mass is 252 g/mol. The molecule has 0 aliphatic heterocycles. The molecule has 0 fully saturated rings. The van der Waals surface area contributed by atoms with Gasteiger partial charge in [0.15, 0.2) is 0 Å². The summed E-state index contributed by atoms with van der Waals surface area (Å²) in [5.74, 6) is 0.832. The standard InChI is InChI=1S/C12H16N2S2/c1-4-9-16-11(15)14-12(2,3)10-5-7-13-8-6-10/h4-8H,1,9H2,2-3H3,(H,14,15). The summed E-state index contributed by atoms with van der Waals surface area (Å²) in [7, 11) is 0. The third-order valence-corrected chi connectivity index (χ3v) is 3.37. The van der Waals surface area contributed by atoms with E-state index in [-0.39, 0.29) is 5.54 Å². The van der Waals surface area contributed by atoms with E-state index in [2.05, 4.69) is 30.7 Å². The zero-order chi connectivity index (χ0) is 12.0. The average Bonchev–Trinajstić information content (AvgIpc) is 2.27. The number of pyridine rings is 1.